The van der Waals surface area contributed by atoms with Crippen LogP contribution in [0.3, 0.4) is 0 Å². The van der Waals surface area contributed by atoms with Crippen molar-refractivity contribution < 1.29 is 0 Å². The van der Waals surface area contributed by atoms with Crippen LogP contribution in [0.5, 0.6) is 0 Å². The van der Waals surface area contributed by atoms with Gasteiger partial charge in [-0.05, 0) is 29.9 Å². The van der Waals surface area contributed by atoms with Gasteiger partial charge in [-0.2, -0.15) is 0 Å². The Kier molecular flexibility index (Phi) is 1.82. The van der Waals surface area contributed by atoms with Crippen LogP contribution in [0.15, 0.2) is 30.5 Å². The number of benzene rings is 1. The van der Waals surface area contributed by atoms with Gasteiger partial charge in [-0.1, -0.05) is 12.1 Å². The Labute approximate surface area is 74.0 Å². The molecule has 0 fully saturated rings. The van der Waals surface area contributed by atoms with Crippen molar-refractivity contribution in [1.29, 1.82) is 0 Å². The van der Waals surface area contributed by atoms with E-state index >= 15 is 0 Å². The molecule has 1 heterocycles. The second-order valence-corrected chi connectivity index (χ2v) is 3.63. The van der Waals surface area contributed by atoms with Gasteiger partial charge in [-0.3, -0.25) is 4.98 Å². The van der Waals surface area contributed by atoms with E-state index < -0.39 is 0 Å². The number of aryl methyl sites for hydroxylation is 1. The Bertz CT molecular complexity index is 382. The molecule has 2 heteroatoms. The summed E-state index contributed by atoms with van der Waals surface area (Å²) in [4.78, 5) is 4.33. The molecule has 1 aromatic heterocycles. The molecule has 0 saturated heterocycles. The Balaban J connectivity index is 2.79. The molecule has 0 amide bonds. The number of rotatable bonds is 0. The highest BCUT2D eigenvalue weighted by atomic mass is 31.0. The Morgan fingerprint density at radius 3 is 2.92 bits per heavy atom. The molecule has 60 valence electrons. The fraction of sp³-hybridized carbons (Fsp3) is 0.100. The average molecular weight is 175 g/mol. The van der Waals surface area contributed by atoms with E-state index in [-0.39, 0.29) is 0 Å². The van der Waals surface area contributed by atoms with E-state index in [4.69, 9.17) is 0 Å². The first kappa shape index (κ1) is 7.70. The van der Waals surface area contributed by atoms with E-state index in [0.717, 1.165) is 5.52 Å². The highest BCUT2D eigenvalue weighted by molar-refractivity contribution is 7.27. The van der Waals surface area contributed by atoms with Crippen molar-refractivity contribution in [2.75, 3.05) is 0 Å². The predicted molar refractivity (Wildman–Crippen MR) is 55.8 cm³/mol. The summed E-state index contributed by atoms with van der Waals surface area (Å²) in [6.07, 6.45) is 1.90. The van der Waals surface area contributed by atoms with E-state index in [1.165, 1.54) is 16.3 Å². The number of hydrogen-bond acceptors (Lipinski definition) is 1. The molecule has 0 aliphatic rings. The molecule has 2 rings (SSSR count). The summed E-state index contributed by atoms with van der Waals surface area (Å²) in [7, 11) is 2.67. The van der Waals surface area contributed by atoms with Crippen molar-refractivity contribution in [3.63, 3.8) is 0 Å². The second-order valence-electron chi connectivity index (χ2n) is 2.96. The largest absolute Gasteiger partial charge is 0.256 e. The molecule has 0 aliphatic heterocycles. The molecule has 1 unspecified atom stereocenters. The minimum absolute atomic E-state index is 1.06. The summed E-state index contributed by atoms with van der Waals surface area (Å²) in [6.45, 7) is 2.06. The first-order chi connectivity index (χ1) is 5.75. The van der Waals surface area contributed by atoms with Gasteiger partial charge >= 0.3 is 0 Å². The quantitative estimate of drug-likeness (QED) is 0.558. The van der Waals surface area contributed by atoms with Gasteiger partial charge in [0.1, 0.15) is 0 Å². The van der Waals surface area contributed by atoms with Gasteiger partial charge < -0.3 is 0 Å². The van der Waals surface area contributed by atoms with Crippen LogP contribution < -0.4 is 5.30 Å². The number of nitrogens with zero attached hydrogens (tertiary/aromatic N) is 1. The topological polar surface area (TPSA) is 12.9 Å². The number of hydrogen-bond donors (Lipinski definition) is 0. The summed E-state index contributed by atoms with van der Waals surface area (Å²) in [6, 6.07) is 8.39. The van der Waals surface area contributed by atoms with Gasteiger partial charge in [0.05, 0.1) is 5.52 Å². The van der Waals surface area contributed by atoms with Crippen molar-refractivity contribution in [2.24, 2.45) is 0 Å². The van der Waals surface area contributed by atoms with Crippen molar-refractivity contribution in [3.05, 3.63) is 36.0 Å². The fourth-order valence-corrected chi connectivity index (χ4v) is 1.50. The lowest BCUT2D eigenvalue weighted by Crippen LogP contribution is -1.90. The standard InChI is InChI=1S/C10H10NP/c1-7-4-8-2-3-9(12)5-10(8)11-6-7/h2-6H,12H2,1H3. The lowest BCUT2D eigenvalue weighted by Gasteiger charge is -1.98. The molecule has 2 aromatic rings. The van der Waals surface area contributed by atoms with Crippen LogP contribution in [0, 0.1) is 6.92 Å². The number of aromatic nitrogens is 1. The molecule has 1 aromatic carbocycles. The van der Waals surface area contributed by atoms with E-state index in [1.54, 1.807) is 0 Å². The molecular weight excluding hydrogens is 165 g/mol. The predicted octanol–water partition coefficient (Wildman–Crippen LogP) is 2.04. The maximum atomic E-state index is 4.33. The Hall–Kier alpha value is -0.940. The molecule has 1 nitrogen and oxygen atoms in total. The first-order valence-electron chi connectivity index (χ1n) is 3.87. The lowest BCUT2D eigenvalue weighted by molar-refractivity contribution is 1.34. The smallest absolute Gasteiger partial charge is 0.0708 e. The fourth-order valence-electron chi connectivity index (χ4n) is 1.25. The van der Waals surface area contributed by atoms with E-state index in [0.29, 0.717) is 0 Å². The highest BCUT2D eigenvalue weighted by Gasteiger charge is 1.94. The summed E-state index contributed by atoms with van der Waals surface area (Å²) < 4.78 is 0. The van der Waals surface area contributed by atoms with Crippen molar-refractivity contribution in [3.8, 4) is 0 Å². The SMILES string of the molecule is Cc1cnc2cc(P)ccc2c1. The van der Waals surface area contributed by atoms with Gasteiger partial charge in [-0.15, -0.1) is 9.24 Å². The van der Waals surface area contributed by atoms with Gasteiger partial charge in [0.25, 0.3) is 0 Å². The normalized spacial score (nSPS) is 10.5. The van der Waals surface area contributed by atoms with Crippen molar-refractivity contribution >= 4 is 25.4 Å². The van der Waals surface area contributed by atoms with Crippen LogP contribution in [-0.2, 0) is 0 Å². The third kappa shape index (κ3) is 1.33. The van der Waals surface area contributed by atoms with Crippen LogP contribution in [0.2, 0.25) is 0 Å². The van der Waals surface area contributed by atoms with Gasteiger partial charge in [-0.25, -0.2) is 0 Å². The number of pyridine rings is 1. The van der Waals surface area contributed by atoms with Crippen LogP contribution in [0.1, 0.15) is 5.56 Å². The zero-order valence-corrected chi connectivity index (χ0v) is 8.07. The lowest BCUT2D eigenvalue weighted by atomic mass is 10.2. The minimum atomic E-state index is 1.06. The molecule has 0 aliphatic carbocycles. The summed E-state index contributed by atoms with van der Waals surface area (Å²) in [5.41, 5.74) is 2.27. The van der Waals surface area contributed by atoms with Crippen molar-refractivity contribution in [1.82, 2.24) is 4.98 Å². The van der Waals surface area contributed by atoms with Crippen LogP contribution >= 0.6 is 9.24 Å². The summed E-state index contributed by atoms with van der Waals surface area (Å²) in [5.74, 6) is 0. The average Bonchev–Trinajstić information content (AvgIpc) is 2.05. The summed E-state index contributed by atoms with van der Waals surface area (Å²) >= 11 is 0. The van der Waals surface area contributed by atoms with Gasteiger partial charge in [0.15, 0.2) is 0 Å². The van der Waals surface area contributed by atoms with E-state index in [2.05, 4.69) is 45.4 Å². The van der Waals surface area contributed by atoms with E-state index in [1.807, 2.05) is 6.20 Å². The zero-order valence-electron chi connectivity index (χ0n) is 6.91. The molecule has 12 heavy (non-hydrogen) atoms. The third-order valence-corrected chi connectivity index (χ3v) is 2.20. The highest BCUT2D eigenvalue weighted by Crippen LogP contribution is 2.11. The maximum absolute atomic E-state index is 4.33. The van der Waals surface area contributed by atoms with E-state index in [9.17, 15) is 0 Å². The van der Waals surface area contributed by atoms with Crippen molar-refractivity contribution in [2.45, 2.75) is 6.92 Å². The molecular formula is C10H10NP. The number of fused-ring (bicyclic) bond motifs is 1. The zero-order chi connectivity index (χ0) is 8.55. The molecule has 0 saturated carbocycles. The Morgan fingerprint density at radius 1 is 1.25 bits per heavy atom. The first-order valence-corrected chi connectivity index (χ1v) is 4.45. The van der Waals surface area contributed by atoms with Gasteiger partial charge in [0.2, 0.25) is 0 Å². The minimum Gasteiger partial charge on any atom is -0.256 e. The molecule has 0 N–H and O–H groups in total. The molecule has 0 bridgehead atoms. The van der Waals surface area contributed by atoms with Crippen LogP contribution in [0.25, 0.3) is 10.9 Å². The van der Waals surface area contributed by atoms with Crippen LogP contribution in [-0.4, -0.2) is 4.98 Å². The van der Waals surface area contributed by atoms with Gasteiger partial charge in [0, 0.05) is 11.6 Å². The maximum Gasteiger partial charge on any atom is 0.0708 e. The molecule has 0 radical (unpaired) electrons. The molecule has 1 atom stereocenters. The monoisotopic (exact) mass is 175 g/mol. The molecule has 0 spiro atoms. The second kappa shape index (κ2) is 2.84. The Morgan fingerprint density at radius 2 is 2.08 bits per heavy atom. The summed E-state index contributed by atoms with van der Waals surface area (Å²) in [5, 5.41) is 2.39. The van der Waals surface area contributed by atoms with Crippen LogP contribution in [0.4, 0.5) is 0 Å². The third-order valence-electron chi connectivity index (χ3n) is 1.84.